The number of benzene rings is 1. The molecule has 1 aromatic carbocycles. The third-order valence-electron chi connectivity index (χ3n) is 4.55. The second kappa shape index (κ2) is 10.4. The lowest BCUT2D eigenvalue weighted by Crippen LogP contribution is -2.41. The lowest BCUT2D eigenvalue weighted by molar-refractivity contribution is -0.0498. The van der Waals surface area contributed by atoms with Crippen LogP contribution in [0.3, 0.4) is 0 Å². The molecule has 1 atom stereocenters. The molecule has 0 spiro atoms. The molecule has 0 saturated carbocycles. The minimum atomic E-state index is -2.94. The zero-order chi connectivity index (χ0) is 23.3. The van der Waals surface area contributed by atoms with E-state index in [1.807, 2.05) is 27.7 Å². The fraction of sp³-hybridized carbons (Fsp3) is 0.524. The minimum absolute atomic E-state index is 0.0143. The topological polar surface area (TPSA) is 114 Å². The zero-order valence-corrected chi connectivity index (χ0v) is 18.1. The van der Waals surface area contributed by atoms with Gasteiger partial charge >= 0.3 is 12.3 Å². The molecule has 0 aliphatic carbocycles. The first-order chi connectivity index (χ1) is 14.5. The average molecular weight is 440 g/mol. The van der Waals surface area contributed by atoms with Crippen LogP contribution in [0.2, 0.25) is 0 Å². The fourth-order valence-electron chi connectivity index (χ4n) is 3.31. The van der Waals surface area contributed by atoms with Gasteiger partial charge in [-0.25, -0.2) is 4.79 Å². The number of aromatic amines is 1. The molecular weight excluding hydrogens is 410 g/mol. The van der Waals surface area contributed by atoms with Gasteiger partial charge in [-0.15, -0.1) is 0 Å². The highest BCUT2D eigenvalue weighted by Gasteiger charge is 2.23. The van der Waals surface area contributed by atoms with Crippen LogP contribution in [0.1, 0.15) is 39.4 Å². The van der Waals surface area contributed by atoms with Gasteiger partial charge in [0, 0.05) is 19.6 Å². The summed E-state index contributed by atoms with van der Waals surface area (Å²) in [4.78, 5) is 28.8. The first-order valence-corrected chi connectivity index (χ1v) is 10.1. The van der Waals surface area contributed by atoms with Crippen molar-refractivity contribution in [2.24, 2.45) is 11.8 Å². The van der Waals surface area contributed by atoms with Crippen LogP contribution in [0.4, 0.5) is 20.3 Å². The van der Waals surface area contributed by atoms with E-state index < -0.39 is 24.0 Å². The summed E-state index contributed by atoms with van der Waals surface area (Å²) in [5.41, 5.74) is 5.59. The lowest BCUT2D eigenvalue weighted by Gasteiger charge is -2.30. The highest BCUT2D eigenvalue weighted by Crippen LogP contribution is 2.24. The van der Waals surface area contributed by atoms with Gasteiger partial charge in [0.05, 0.1) is 6.10 Å². The molecule has 4 N–H and O–H groups in total. The van der Waals surface area contributed by atoms with E-state index in [0.29, 0.717) is 18.7 Å². The molecule has 0 bridgehead atoms. The van der Waals surface area contributed by atoms with Crippen molar-refractivity contribution in [1.29, 1.82) is 0 Å². The molecule has 0 aliphatic rings. The third kappa shape index (κ3) is 6.55. The van der Waals surface area contributed by atoms with Crippen molar-refractivity contribution in [2.75, 3.05) is 23.7 Å². The number of nitrogens with two attached hydrogens (primary N) is 1. The Morgan fingerprint density at radius 3 is 2.23 bits per heavy atom. The third-order valence-corrected chi connectivity index (χ3v) is 4.55. The first-order valence-electron chi connectivity index (χ1n) is 10.1. The van der Waals surface area contributed by atoms with Crippen LogP contribution < -0.4 is 26.6 Å². The van der Waals surface area contributed by atoms with E-state index in [4.69, 9.17) is 5.73 Å². The Labute approximate surface area is 179 Å². The normalized spacial score (nSPS) is 12.6. The molecule has 31 heavy (non-hydrogen) atoms. The first kappa shape index (κ1) is 24.4. The predicted octanol–water partition coefficient (Wildman–Crippen LogP) is 2.57. The summed E-state index contributed by atoms with van der Waals surface area (Å²) < 4.78 is 30.3. The molecule has 0 amide bonds. The van der Waals surface area contributed by atoms with Gasteiger partial charge in [0.25, 0.3) is 5.56 Å². The van der Waals surface area contributed by atoms with E-state index in [-0.39, 0.29) is 35.6 Å². The molecule has 8 nitrogen and oxygen atoms in total. The van der Waals surface area contributed by atoms with Crippen LogP contribution in [0, 0.1) is 11.8 Å². The fourth-order valence-corrected chi connectivity index (χ4v) is 3.31. The number of aromatic nitrogens is 2. The molecule has 0 aliphatic heterocycles. The Hall–Kier alpha value is -2.88. The second-order valence-corrected chi connectivity index (χ2v) is 8.26. The summed E-state index contributed by atoms with van der Waals surface area (Å²) in [6, 6.07) is 5.62. The average Bonchev–Trinajstić information content (AvgIpc) is 2.64. The minimum Gasteiger partial charge on any atom is -0.435 e. The number of anilines is 2. The maximum absolute atomic E-state index is 12.6. The standard InChI is InChI=1S/C21H30F2N4O4/c1-12(2)9-26(11-16(28)14-5-7-15(8-6-14)31-20(22)23)17-18(24)27(10-13(3)4)21(30)25-19(17)29/h5-8,12-13,16,20,28H,9-11,24H2,1-4H3,(H,25,29,30). The Kier molecular flexibility index (Phi) is 8.21. The monoisotopic (exact) mass is 440 g/mol. The van der Waals surface area contributed by atoms with Crippen molar-refractivity contribution < 1.29 is 18.6 Å². The molecular formula is C21H30F2N4O4. The Morgan fingerprint density at radius 2 is 1.71 bits per heavy atom. The molecule has 172 valence electrons. The number of hydrogen-bond acceptors (Lipinski definition) is 6. The van der Waals surface area contributed by atoms with Crippen LogP contribution in [0.25, 0.3) is 0 Å². The molecule has 1 heterocycles. The van der Waals surface area contributed by atoms with Gasteiger partial charge in [-0.1, -0.05) is 39.8 Å². The van der Waals surface area contributed by atoms with E-state index in [2.05, 4.69) is 9.72 Å². The molecule has 2 rings (SSSR count). The number of nitrogens with one attached hydrogen (secondary N) is 1. The maximum Gasteiger partial charge on any atom is 0.387 e. The van der Waals surface area contributed by atoms with Crippen molar-refractivity contribution in [3.63, 3.8) is 0 Å². The SMILES string of the molecule is CC(C)CN(CC(O)c1ccc(OC(F)F)cc1)c1c(N)n(CC(C)C)c(=O)[nH]c1=O. The van der Waals surface area contributed by atoms with Crippen molar-refractivity contribution in [2.45, 2.75) is 47.0 Å². The van der Waals surface area contributed by atoms with E-state index in [1.54, 1.807) is 4.90 Å². The van der Waals surface area contributed by atoms with Gasteiger partial charge in [0.15, 0.2) is 0 Å². The highest BCUT2D eigenvalue weighted by molar-refractivity contribution is 5.62. The number of ether oxygens (including phenoxy) is 1. The smallest absolute Gasteiger partial charge is 0.387 e. The Bertz CT molecular complexity index is 971. The van der Waals surface area contributed by atoms with Crippen molar-refractivity contribution in [1.82, 2.24) is 9.55 Å². The highest BCUT2D eigenvalue weighted by atomic mass is 19.3. The number of hydrogen-bond donors (Lipinski definition) is 3. The molecule has 1 aromatic heterocycles. The van der Waals surface area contributed by atoms with Crippen LogP contribution in [-0.4, -0.2) is 34.4 Å². The predicted molar refractivity (Wildman–Crippen MR) is 116 cm³/mol. The van der Waals surface area contributed by atoms with Crippen LogP contribution >= 0.6 is 0 Å². The summed E-state index contributed by atoms with van der Waals surface area (Å²) in [6.07, 6.45) is -1.04. The van der Waals surface area contributed by atoms with Gasteiger partial charge in [0.2, 0.25) is 0 Å². The number of aliphatic hydroxyl groups excluding tert-OH is 1. The van der Waals surface area contributed by atoms with Gasteiger partial charge in [0.1, 0.15) is 17.3 Å². The van der Waals surface area contributed by atoms with Crippen LogP contribution in [-0.2, 0) is 6.54 Å². The number of halogens is 2. The maximum atomic E-state index is 12.6. The van der Waals surface area contributed by atoms with Crippen molar-refractivity contribution in [3.05, 3.63) is 50.7 Å². The molecule has 0 saturated heterocycles. The van der Waals surface area contributed by atoms with Gasteiger partial charge in [-0.2, -0.15) is 8.78 Å². The van der Waals surface area contributed by atoms with Crippen LogP contribution in [0.5, 0.6) is 5.75 Å². The quantitative estimate of drug-likeness (QED) is 0.523. The van der Waals surface area contributed by atoms with E-state index in [1.165, 1.54) is 28.8 Å². The van der Waals surface area contributed by atoms with Gasteiger partial charge in [-0.05, 0) is 29.5 Å². The van der Waals surface area contributed by atoms with E-state index in [0.717, 1.165) is 0 Å². The number of H-pyrrole nitrogens is 1. The van der Waals surface area contributed by atoms with Gasteiger partial charge in [-0.3, -0.25) is 14.3 Å². The summed E-state index contributed by atoms with van der Waals surface area (Å²) in [6.45, 7) is 5.56. The summed E-state index contributed by atoms with van der Waals surface area (Å²) in [7, 11) is 0. The largest absolute Gasteiger partial charge is 0.435 e. The van der Waals surface area contributed by atoms with Crippen molar-refractivity contribution >= 4 is 11.5 Å². The molecule has 1 unspecified atom stereocenters. The Balaban J connectivity index is 2.38. The molecule has 10 heteroatoms. The summed E-state index contributed by atoms with van der Waals surface area (Å²) >= 11 is 0. The summed E-state index contributed by atoms with van der Waals surface area (Å²) in [5, 5.41) is 10.7. The summed E-state index contributed by atoms with van der Waals surface area (Å²) in [5.74, 6) is 0.262. The van der Waals surface area contributed by atoms with Crippen molar-refractivity contribution in [3.8, 4) is 5.75 Å². The zero-order valence-electron chi connectivity index (χ0n) is 18.1. The molecule has 0 fully saturated rings. The lowest BCUT2D eigenvalue weighted by atomic mass is 10.1. The second-order valence-electron chi connectivity index (χ2n) is 8.26. The van der Waals surface area contributed by atoms with E-state index >= 15 is 0 Å². The van der Waals surface area contributed by atoms with E-state index in [9.17, 15) is 23.5 Å². The number of alkyl halides is 2. The molecule has 2 aromatic rings. The molecule has 0 radical (unpaired) electrons. The van der Waals surface area contributed by atoms with Crippen LogP contribution in [0.15, 0.2) is 33.9 Å². The Morgan fingerprint density at radius 1 is 1.10 bits per heavy atom. The number of nitrogens with zero attached hydrogens (tertiary/aromatic N) is 2. The number of rotatable bonds is 10. The number of aliphatic hydroxyl groups is 1. The number of nitrogen functional groups attached to an aromatic ring is 1. The van der Waals surface area contributed by atoms with Gasteiger partial charge < -0.3 is 20.5 Å².